The van der Waals surface area contributed by atoms with Gasteiger partial charge in [-0.1, -0.05) is 60.7 Å². The lowest BCUT2D eigenvalue weighted by Crippen LogP contribution is -2.73. The second kappa shape index (κ2) is 9.56. The molecule has 2 atom stereocenters. The predicted molar refractivity (Wildman–Crippen MR) is 114 cm³/mol. The maximum Gasteiger partial charge on any atom is 0.375 e. The van der Waals surface area contributed by atoms with E-state index >= 15 is 0 Å². The van der Waals surface area contributed by atoms with Crippen LogP contribution < -0.4 is 5.32 Å². The molecule has 170 valence electrons. The summed E-state index contributed by atoms with van der Waals surface area (Å²) in [5, 5.41) is 2.69. The molecule has 2 aromatic carbocycles. The third-order valence-electron chi connectivity index (χ3n) is 5.38. The van der Waals surface area contributed by atoms with Crippen molar-refractivity contribution in [2.75, 3.05) is 13.7 Å². The van der Waals surface area contributed by atoms with Crippen LogP contribution >= 0.6 is 0 Å². The molecule has 4 rings (SSSR count). The summed E-state index contributed by atoms with van der Waals surface area (Å²) in [6.45, 7) is -0.135. The van der Waals surface area contributed by atoms with Crippen LogP contribution in [0.4, 0.5) is 0 Å². The number of amides is 2. The van der Waals surface area contributed by atoms with Crippen LogP contribution in [0.1, 0.15) is 11.1 Å². The fourth-order valence-corrected chi connectivity index (χ4v) is 3.73. The van der Waals surface area contributed by atoms with Crippen LogP contribution in [0.25, 0.3) is 0 Å². The Morgan fingerprint density at radius 3 is 2.27 bits per heavy atom. The van der Waals surface area contributed by atoms with Crippen LogP contribution in [0.2, 0.25) is 0 Å². The summed E-state index contributed by atoms with van der Waals surface area (Å²) in [6, 6.07) is 16.5. The summed E-state index contributed by atoms with van der Waals surface area (Å²) >= 11 is 0. The van der Waals surface area contributed by atoms with Crippen molar-refractivity contribution in [2.45, 2.75) is 25.1 Å². The van der Waals surface area contributed by atoms with Crippen molar-refractivity contribution >= 4 is 23.8 Å². The van der Waals surface area contributed by atoms with Crippen molar-refractivity contribution in [3.8, 4) is 0 Å². The van der Waals surface area contributed by atoms with Gasteiger partial charge >= 0.3 is 11.9 Å². The molecule has 9 nitrogen and oxygen atoms in total. The molecule has 33 heavy (non-hydrogen) atoms. The van der Waals surface area contributed by atoms with E-state index in [2.05, 4.69) is 5.32 Å². The van der Waals surface area contributed by atoms with E-state index in [0.29, 0.717) is 0 Å². The molecule has 0 radical (unpaired) electrons. The number of rotatable bonds is 7. The maximum absolute atomic E-state index is 12.9. The number of methoxy groups -OCH3 is 1. The third-order valence-corrected chi connectivity index (χ3v) is 5.38. The fraction of sp³-hybridized carbons (Fsp3) is 0.250. The van der Waals surface area contributed by atoms with Crippen molar-refractivity contribution in [1.29, 1.82) is 0 Å². The summed E-state index contributed by atoms with van der Waals surface area (Å²) in [7, 11) is 1.14. The number of hydrogen-bond acceptors (Lipinski definition) is 7. The van der Waals surface area contributed by atoms with Crippen LogP contribution in [-0.2, 0) is 46.4 Å². The van der Waals surface area contributed by atoms with Gasteiger partial charge in [0.05, 0.1) is 13.5 Å². The summed E-state index contributed by atoms with van der Waals surface area (Å²) in [5.41, 5.74) is 1.21. The van der Waals surface area contributed by atoms with Gasteiger partial charge in [-0.05, 0) is 11.1 Å². The molecular weight excluding hydrogens is 428 g/mol. The lowest BCUT2D eigenvalue weighted by atomic mass is 9.92. The van der Waals surface area contributed by atoms with Crippen molar-refractivity contribution < 1.29 is 33.4 Å². The molecule has 0 saturated carbocycles. The molecular formula is C24H22N2O7. The van der Waals surface area contributed by atoms with E-state index in [1.54, 1.807) is 24.3 Å². The molecule has 0 aliphatic carbocycles. The first kappa shape index (κ1) is 22.1. The molecule has 9 heteroatoms. The van der Waals surface area contributed by atoms with Crippen LogP contribution in [0.3, 0.4) is 0 Å². The molecule has 2 amide bonds. The van der Waals surface area contributed by atoms with Crippen molar-refractivity contribution in [3.05, 3.63) is 83.2 Å². The molecule has 2 aromatic rings. The Hall–Kier alpha value is -4.14. The molecule has 1 fully saturated rings. The lowest BCUT2D eigenvalue weighted by Gasteiger charge is -2.49. The van der Waals surface area contributed by atoms with E-state index < -0.39 is 35.7 Å². The number of nitrogens with one attached hydrogen (secondary N) is 1. The van der Waals surface area contributed by atoms with Crippen LogP contribution in [0, 0.1) is 0 Å². The smallest absolute Gasteiger partial charge is 0.375 e. The molecule has 1 N–H and O–H groups in total. The normalized spacial score (nSPS) is 19.1. The molecule has 2 aliphatic rings. The first-order chi connectivity index (χ1) is 16.0. The average molecular weight is 450 g/mol. The number of esters is 2. The van der Waals surface area contributed by atoms with Crippen molar-refractivity contribution in [3.63, 3.8) is 0 Å². The SMILES string of the molecule is COC(=O)C1=C(C(=O)OCc2ccccc2)N2C(=O)[C@@H](NC(=O)Cc3ccccc3)[C@H]2CO1. The Morgan fingerprint density at radius 1 is 1.00 bits per heavy atom. The Labute approximate surface area is 189 Å². The standard InChI is InChI=1S/C24H22N2O7/c1-31-24(30)21-20(23(29)33-13-16-10-6-3-7-11-16)26-17(14-32-21)19(22(26)28)25-18(27)12-15-8-4-2-5-9-15/h2-11,17,19H,12-14H2,1H3,(H,25,27)/t17-,19+/m1/s1. The molecule has 0 spiro atoms. The zero-order valence-electron chi connectivity index (χ0n) is 17.9. The van der Waals surface area contributed by atoms with E-state index in [0.717, 1.165) is 23.1 Å². The van der Waals surface area contributed by atoms with Gasteiger partial charge in [-0.15, -0.1) is 0 Å². The van der Waals surface area contributed by atoms with Crippen LogP contribution in [0.5, 0.6) is 0 Å². The highest BCUT2D eigenvalue weighted by molar-refractivity contribution is 6.06. The fourth-order valence-electron chi connectivity index (χ4n) is 3.73. The minimum atomic E-state index is -0.899. The zero-order valence-corrected chi connectivity index (χ0v) is 17.9. The number of carbonyl (C=O) groups is 4. The highest BCUT2D eigenvalue weighted by Gasteiger charge is 2.56. The quantitative estimate of drug-likeness (QED) is 0.496. The van der Waals surface area contributed by atoms with Gasteiger partial charge in [-0.2, -0.15) is 0 Å². The average Bonchev–Trinajstić information content (AvgIpc) is 2.85. The minimum absolute atomic E-state index is 0.0540. The Kier molecular flexibility index (Phi) is 6.39. The Bertz CT molecular complexity index is 1100. The van der Waals surface area contributed by atoms with E-state index in [1.165, 1.54) is 0 Å². The van der Waals surface area contributed by atoms with Crippen molar-refractivity contribution in [2.24, 2.45) is 0 Å². The molecule has 0 aromatic heterocycles. The topological polar surface area (TPSA) is 111 Å². The van der Waals surface area contributed by atoms with Gasteiger partial charge in [0.1, 0.15) is 25.3 Å². The monoisotopic (exact) mass is 450 g/mol. The number of carbonyl (C=O) groups excluding carboxylic acids is 4. The minimum Gasteiger partial charge on any atom is -0.483 e. The molecule has 1 saturated heterocycles. The number of β-lactam (4-membered cyclic amide) rings is 1. The van der Waals surface area contributed by atoms with Crippen LogP contribution in [-0.4, -0.2) is 54.5 Å². The van der Waals surface area contributed by atoms with Crippen LogP contribution in [0.15, 0.2) is 72.1 Å². The lowest BCUT2D eigenvalue weighted by molar-refractivity contribution is -0.165. The molecule has 2 heterocycles. The predicted octanol–water partition coefficient (Wildman–Crippen LogP) is 1.08. The second-order valence-corrected chi connectivity index (χ2v) is 7.53. The van der Waals surface area contributed by atoms with Gasteiger partial charge < -0.3 is 19.5 Å². The second-order valence-electron chi connectivity index (χ2n) is 7.53. The Balaban J connectivity index is 1.48. The van der Waals surface area contributed by atoms with Gasteiger partial charge in [0.2, 0.25) is 11.7 Å². The summed E-state index contributed by atoms with van der Waals surface area (Å²) in [5.74, 6) is -3.06. The van der Waals surface area contributed by atoms with E-state index in [1.807, 2.05) is 36.4 Å². The number of fused-ring (bicyclic) bond motifs is 1. The van der Waals surface area contributed by atoms with Gasteiger partial charge in [0.25, 0.3) is 5.91 Å². The summed E-state index contributed by atoms with van der Waals surface area (Å²) in [4.78, 5) is 51.5. The highest BCUT2D eigenvalue weighted by atomic mass is 16.6. The zero-order chi connectivity index (χ0) is 23.4. The molecule has 0 unspecified atom stereocenters. The van der Waals surface area contributed by atoms with Crippen molar-refractivity contribution in [1.82, 2.24) is 10.2 Å². The number of ether oxygens (including phenoxy) is 3. The first-order valence-corrected chi connectivity index (χ1v) is 10.3. The third kappa shape index (κ3) is 4.57. The van der Waals surface area contributed by atoms with E-state index in [9.17, 15) is 19.2 Å². The number of nitrogens with zero attached hydrogens (tertiary/aromatic N) is 1. The number of hydrogen-bond donors (Lipinski definition) is 1. The summed E-state index contributed by atoms with van der Waals surface area (Å²) in [6.07, 6.45) is 0.105. The Morgan fingerprint density at radius 2 is 1.64 bits per heavy atom. The van der Waals surface area contributed by atoms with Gasteiger partial charge in [0.15, 0.2) is 5.70 Å². The highest BCUT2D eigenvalue weighted by Crippen LogP contribution is 2.34. The van der Waals surface area contributed by atoms with Gasteiger partial charge in [0, 0.05) is 0 Å². The van der Waals surface area contributed by atoms with E-state index in [4.69, 9.17) is 14.2 Å². The number of benzene rings is 2. The largest absolute Gasteiger partial charge is 0.483 e. The van der Waals surface area contributed by atoms with Gasteiger partial charge in [-0.25, -0.2) is 9.59 Å². The molecule has 0 bridgehead atoms. The van der Waals surface area contributed by atoms with Gasteiger partial charge in [-0.3, -0.25) is 14.5 Å². The first-order valence-electron chi connectivity index (χ1n) is 10.3. The maximum atomic E-state index is 12.9. The summed E-state index contributed by atoms with van der Waals surface area (Å²) < 4.78 is 15.5. The molecule has 2 aliphatic heterocycles. The van der Waals surface area contributed by atoms with E-state index in [-0.39, 0.29) is 31.2 Å².